The average Bonchev–Trinajstić information content (AvgIpc) is 2.74. The van der Waals surface area contributed by atoms with Crippen LogP contribution in [0.25, 0.3) is 22.3 Å². The maximum atomic E-state index is 4.28. The first-order valence-electron chi connectivity index (χ1n) is 4.77. The van der Waals surface area contributed by atoms with Gasteiger partial charge in [-0.05, 0) is 30.3 Å². The monoisotopic (exact) mass is 195 g/mol. The molecule has 0 spiro atoms. The largest absolute Gasteiger partial charge is 0.353 e. The van der Waals surface area contributed by atoms with Crippen molar-refractivity contribution in [3.8, 4) is 11.3 Å². The van der Waals surface area contributed by atoms with Crippen molar-refractivity contribution in [1.29, 1.82) is 0 Å². The Kier molecular flexibility index (Phi) is 1.75. The topological polar surface area (TPSA) is 41.6 Å². The van der Waals surface area contributed by atoms with E-state index in [0.29, 0.717) is 0 Å². The van der Waals surface area contributed by atoms with Crippen LogP contribution in [0.1, 0.15) is 0 Å². The molecule has 0 amide bonds. The van der Waals surface area contributed by atoms with Crippen molar-refractivity contribution in [1.82, 2.24) is 15.0 Å². The molecule has 72 valence electrons. The van der Waals surface area contributed by atoms with Crippen LogP contribution in [0.4, 0.5) is 0 Å². The van der Waals surface area contributed by atoms with E-state index in [1.165, 1.54) is 0 Å². The number of hydrogen-bond donors (Lipinski definition) is 1. The first-order chi connectivity index (χ1) is 7.43. The number of pyridine rings is 2. The van der Waals surface area contributed by atoms with Crippen molar-refractivity contribution in [2.24, 2.45) is 0 Å². The SMILES string of the molecule is c1cnc2cc(-c3ccncc3)[nH]c2c1. The standard InChI is InChI=1S/C12H9N3/c1-2-10-12(14-5-1)8-11(15-10)9-3-6-13-7-4-9/h1-8,15H. The molecule has 3 heteroatoms. The number of H-pyrrole nitrogens is 1. The molecule has 3 aromatic rings. The highest BCUT2D eigenvalue weighted by molar-refractivity contribution is 5.82. The number of rotatable bonds is 1. The Balaban J connectivity index is 2.21. The third kappa shape index (κ3) is 1.38. The summed E-state index contributed by atoms with van der Waals surface area (Å²) in [5.74, 6) is 0. The summed E-state index contributed by atoms with van der Waals surface area (Å²) in [7, 11) is 0. The predicted molar refractivity (Wildman–Crippen MR) is 59.3 cm³/mol. The minimum Gasteiger partial charge on any atom is -0.353 e. The minimum absolute atomic E-state index is 0.990. The van der Waals surface area contributed by atoms with Crippen LogP contribution in [0.3, 0.4) is 0 Å². The molecule has 0 aromatic carbocycles. The van der Waals surface area contributed by atoms with Gasteiger partial charge < -0.3 is 4.98 Å². The van der Waals surface area contributed by atoms with Gasteiger partial charge in [0.05, 0.1) is 11.0 Å². The molecule has 0 fully saturated rings. The third-order valence-electron chi connectivity index (χ3n) is 2.38. The molecule has 3 aromatic heterocycles. The fourth-order valence-corrected chi connectivity index (χ4v) is 1.64. The van der Waals surface area contributed by atoms with E-state index < -0.39 is 0 Å². The molecule has 0 bridgehead atoms. The van der Waals surface area contributed by atoms with E-state index in [1.54, 1.807) is 18.6 Å². The van der Waals surface area contributed by atoms with Gasteiger partial charge in [0.2, 0.25) is 0 Å². The van der Waals surface area contributed by atoms with Crippen LogP contribution in [0, 0.1) is 0 Å². The lowest BCUT2D eigenvalue weighted by Crippen LogP contribution is -1.76. The number of aromatic nitrogens is 3. The lowest BCUT2D eigenvalue weighted by Gasteiger charge is -1.94. The van der Waals surface area contributed by atoms with Gasteiger partial charge in [-0.1, -0.05) is 0 Å². The first kappa shape index (κ1) is 8.17. The minimum atomic E-state index is 0.990. The van der Waals surface area contributed by atoms with Crippen LogP contribution in [0.5, 0.6) is 0 Å². The fourth-order valence-electron chi connectivity index (χ4n) is 1.64. The maximum Gasteiger partial charge on any atom is 0.0885 e. The molecule has 0 radical (unpaired) electrons. The zero-order chi connectivity index (χ0) is 10.1. The second-order valence-electron chi connectivity index (χ2n) is 3.36. The third-order valence-corrected chi connectivity index (χ3v) is 2.38. The molecular formula is C12H9N3. The lowest BCUT2D eigenvalue weighted by atomic mass is 10.2. The van der Waals surface area contributed by atoms with Gasteiger partial charge in [-0.3, -0.25) is 9.97 Å². The van der Waals surface area contributed by atoms with E-state index in [1.807, 2.05) is 30.3 Å². The number of hydrogen-bond acceptors (Lipinski definition) is 2. The van der Waals surface area contributed by atoms with Crippen LogP contribution in [0.2, 0.25) is 0 Å². The molecule has 3 rings (SSSR count). The van der Waals surface area contributed by atoms with Gasteiger partial charge in [0, 0.05) is 29.8 Å². The Hall–Kier alpha value is -2.16. The second-order valence-corrected chi connectivity index (χ2v) is 3.36. The summed E-state index contributed by atoms with van der Waals surface area (Å²) in [5.41, 5.74) is 4.25. The predicted octanol–water partition coefficient (Wildman–Crippen LogP) is 2.62. The number of nitrogens with one attached hydrogen (secondary N) is 1. The van der Waals surface area contributed by atoms with Gasteiger partial charge in [0.1, 0.15) is 0 Å². The normalized spacial score (nSPS) is 10.7. The van der Waals surface area contributed by atoms with E-state index >= 15 is 0 Å². The van der Waals surface area contributed by atoms with Crippen LogP contribution in [-0.2, 0) is 0 Å². The highest BCUT2D eigenvalue weighted by Gasteiger charge is 2.02. The Bertz CT molecular complexity index is 551. The smallest absolute Gasteiger partial charge is 0.0885 e. The first-order valence-corrected chi connectivity index (χ1v) is 4.77. The Morgan fingerprint density at radius 2 is 1.87 bits per heavy atom. The molecule has 3 heterocycles. The summed E-state index contributed by atoms with van der Waals surface area (Å²) in [5, 5.41) is 0. The molecule has 0 saturated carbocycles. The zero-order valence-corrected chi connectivity index (χ0v) is 8.01. The van der Waals surface area contributed by atoms with Crippen molar-refractivity contribution in [3.63, 3.8) is 0 Å². The van der Waals surface area contributed by atoms with Crippen molar-refractivity contribution < 1.29 is 0 Å². The molecule has 0 unspecified atom stereocenters. The second kappa shape index (κ2) is 3.20. The highest BCUT2D eigenvalue weighted by Crippen LogP contribution is 2.21. The van der Waals surface area contributed by atoms with E-state index in [4.69, 9.17) is 0 Å². The van der Waals surface area contributed by atoms with Gasteiger partial charge in [-0.15, -0.1) is 0 Å². The van der Waals surface area contributed by atoms with Gasteiger partial charge in [-0.2, -0.15) is 0 Å². The fraction of sp³-hybridized carbons (Fsp3) is 0. The van der Waals surface area contributed by atoms with Crippen molar-refractivity contribution in [2.75, 3.05) is 0 Å². The molecular weight excluding hydrogens is 186 g/mol. The van der Waals surface area contributed by atoms with Crippen molar-refractivity contribution in [2.45, 2.75) is 0 Å². The number of nitrogens with zero attached hydrogens (tertiary/aromatic N) is 2. The summed E-state index contributed by atoms with van der Waals surface area (Å²) < 4.78 is 0. The Morgan fingerprint density at radius 3 is 2.67 bits per heavy atom. The summed E-state index contributed by atoms with van der Waals surface area (Å²) in [6.45, 7) is 0. The van der Waals surface area contributed by atoms with Crippen molar-refractivity contribution >= 4 is 11.0 Å². The van der Waals surface area contributed by atoms with Gasteiger partial charge in [0.15, 0.2) is 0 Å². The maximum absolute atomic E-state index is 4.28. The van der Waals surface area contributed by atoms with Gasteiger partial charge in [0.25, 0.3) is 0 Å². The lowest BCUT2D eigenvalue weighted by molar-refractivity contribution is 1.32. The van der Waals surface area contributed by atoms with Crippen LogP contribution < -0.4 is 0 Å². The molecule has 0 atom stereocenters. The average molecular weight is 195 g/mol. The van der Waals surface area contributed by atoms with Gasteiger partial charge >= 0.3 is 0 Å². The Morgan fingerprint density at radius 1 is 1.00 bits per heavy atom. The van der Waals surface area contributed by atoms with Gasteiger partial charge in [-0.25, -0.2) is 0 Å². The van der Waals surface area contributed by atoms with Crippen LogP contribution >= 0.6 is 0 Å². The van der Waals surface area contributed by atoms with E-state index in [9.17, 15) is 0 Å². The summed E-state index contributed by atoms with van der Waals surface area (Å²) >= 11 is 0. The number of fused-ring (bicyclic) bond motifs is 1. The quantitative estimate of drug-likeness (QED) is 0.648. The molecule has 3 nitrogen and oxygen atoms in total. The van der Waals surface area contributed by atoms with E-state index in [0.717, 1.165) is 22.3 Å². The molecule has 0 aliphatic rings. The summed E-state index contributed by atoms with van der Waals surface area (Å²) in [4.78, 5) is 11.6. The summed E-state index contributed by atoms with van der Waals surface area (Å²) in [6.07, 6.45) is 5.37. The highest BCUT2D eigenvalue weighted by atomic mass is 14.8. The number of aromatic amines is 1. The van der Waals surface area contributed by atoms with E-state index in [-0.39, 0.29) is 0 Å². The zero-order valence-electron chi connectivity index (χ0n) is 8.01. The Labute approximate surface area is 86.8 Å². The van der Waals surface area contributed by atoms with Crippen molar-refractivity contribution in [3.05, 3.63) is 48.9 Å². The molecule has 0 saturated heterocycles. The summed E-state index contributed by atoms with van der Waals surface area (Å²) in [6, 6.07) is 9.95. The van der Waals surface area contributed by atoms with Crippen LogP contribution in [0.15, 0.2) is 48.9 Å². The molecule has 0 aliphatic heterocycles. The molecule has 1 N–H and O–H groups in total. The van der Waals surface area contributed by atoms with E-state index in [2.05, 4.69) is 15.0 Å². The molecule has 0 aliphatic carbocycles. The van der Waals surface area contributed by atoms with Crippen LogP contribution in [-0.4, -0.2) is 15.0 Å². The molecule has 15 heavy (non-hydrogen) atoms.